The molecule has 0 unspecified atom stereocenters. The van der Waals surface area contributed by atoms with Gasteiger partial charge >= 0.3 is 6.18 Å². The van der Waals surface area contributed by atoms with Crippen molar-refractivity contribution in [2.75, 3.05) is 4.90 Å². The van der Waals surface area contributed by atoms with E-state index in [0.717, 1.165) is 36.5 Å². The maximum absolute atomic E-state index is 12.8. The van der Waals surface area contributed by atoms with Crippen molar-refractivity contribution < 1.29 is 18.0 Å². The van der Waals surface area contributed by atoms with Crippen molar-refractivity contribution in [1.29, 1.82) is 0 Å². The predicted molar refractivity (Wildman–Crippen MR) is 111 cm³/mol. The lowest BCUT2D eigenvalue weighted by molar-refractivity contribution is -0.137. The molecule has 0 aliphatic carbocycles. The highest BCUT2D eigenvalue weighted by atomic mass is 19.4. The second kappa shape index (κ2) is 8.22. The molecule has 0 bridgehead atoms. The fraction of sp³-hybridized carbons (Fsp3) is 0.208. The molecule has 3 aromatic carbocycles. The second-order valence-electron chi connectivity index (χ2n) is 7.32. The minimum Gasteiger partial charge on any atom is -0.391 e. The molecule has 0 atom stereocenters. The molecular weight excluding hydrogens is 389 g/mol. The molecule has 3 aromatic rings. The van der Waals surface area contributed by atoms with Crippen LogP contribution in [-0.2, 0) is 30.7 Å². The van der Waals surface area contributed by atoms with Gasteiger partial charge in [0, 0.05) is 24.3 Å². The first-order valence-corrected chi connectivity index (χ1v) is 9.65. The number of benzene rings is 3. The summed E-state index contributed by atoms with van der Waals surface area (Å²) in [6.07, 6.45) is -4.37. The molecule has 0 amide bonds. The third-order valence-electron chi connectivity index (χ3n) is 5.16. The zero-order valence-electron chi connectivity index (χ0n) is 16.5. The fourth-order valence-corrected chi connectivity index (χ4v) is 3.54. The second-order valence-corrected chi connectivity index (χ2v) is 7.32. The van der Waals surface area contributed by atoms with Gasteiger partial charge in [-0.3, -0.25) is 0 Å². The van der Waals surface area contributed by atoms with Crippen LogP contribution in [0.15, 0.2) is 78.0 Å². The van der Waals surface area contributed by atoms with E-state index in [1.165, 1.54) is 17.2 Å². The van der Waals surface area contributed by atoms with Gasteiger partial charge in [0.2, 0.25) is 0 Å². The Morgan fingerprint density at radius 3 is 2.33 bits per heavy atom. The van der Waals surface area contributed by atoms with E-state index >= 15 is 0 Å². The summed E-state index contributed by atoms with van der Waals surface area (Å²) in [5.41, 5.74) is 5.06. The van der Waals surface area contributed by atoms with Crippen LogP contribution in [0, 0.1) is 0 Å². The van der Waals surface area contributed by atoms with Crippen LogP contribution in [-0.4, -0.2) is 5.71 Å². The molecule has 4 rings (SSSR count). The van der Waals surface area contributed by atoms with Crippen LogP contribution < -0.4 is 4.90 Å². The van der Waals surface area contributed by atoms with Crippen molar-refractivity contribution in [3.8, 4) is 0 Å². The van der Waals surface area contributed by atoms with Gasteiger partial charge in [-0.2, -0.15) is 13.2 Å². The maximum Gasteiger partial charge on any atom is 0.416 e. The van der Waals surface area contributed by atoms with E-state index in [0.29, 0.717) is 11.3 Å². The molecule has 0 fully saturated rings. The highest BCUT2D eigenvalue weighted by Gasteiger charge is 2.30. The van der Waals surface area contributed by atoms with Crippen molar-refractivity contribution >= 4 is 11.4 Å². The number of hydrogen-bond donors (Lipinski definition) is 0. The van der Waals surface area contributed by atoms with Crippen molar-refractivity contribution in [3.63, 3.8) is 0 Å². The van der Waals surface area contributed by atoms with Gasteiger partial charge in [-0.05, 0) is 47.9 Å². The zero-order chi connectivity index (χ0) is 21.1. The first-order chi connectivity index (χ1) is 14.4. The Labute approximate surface area is 173 Å². The largest absolute Gasteiger partial charge is 0.416 e. The van der Waals surface area contributed by atoms with E-state index < -0.39 is 11.7 Å². The molecule has 154 valence electrons. The van der Waals surface area contributed by atoms with E-state index in [4.69, 9.17) is 4.84 Å². The van der Waals surface area contributed by atoms with Crippen LogP contribution in [0.4, 0.5) is 18.9 Å². The van der Waals surface area contributed by atoms with E-state index in [2.05, 4.69) is 46.5 Å². The minimum atomic E-state index is -4.37. The Balaban J connectivity index is 1.42. The molecule has 1 heterocycles. The number of nitrogens with zero attached hydrogens (tertiary/aromatic N) is 2. The predicted octanol–water partition coefficient (Wildman–Crippen LogP) is 6.17. The maximum atomic E-state index is 12.8. The average Bonchev–Trinajstić information content (AvgIpc) is 3.18. The lowest BCUT2D eigenvalue weighted by Crippen LogP contribution is -2.14. The van der Waals surface area contributed by atoms with Crippen LogP contribution in [0.25, 0.3) is 0 Å². The molecule has 0 spiro atoms. The number of alkyl halides is 3. The Kier molecular flexibility index (Phi) is 5.48. The summed E-state index contributed by atoms with van der Waals surface area (Å²) in [6, 6.07) is 21.5. The molecule has 0 saturated heterocycles. The van der Waals surface area contributed by atoms with Gasteiger partial charge in [0.15, 0.2) is 0 Å². The van der Waals surface area contributed by atoms with Crippen LogP contribution >= 0.6 is 0 Å². The lowest BCUT2D eigenvalue weighted by atomic mass is 10.1. The van der Waals surface area contributed by atoms with E-state index in [-0.39, 0.29) is 6.61 Å². The van der Waals surface area contributed by atoms with Crippen LogP contribution in [0.3, 0.4) is 0 Å². The molecule has 0 N–H and O–H groups in total. The van der Waals surface area contributed by atoms with Gasteiger partial charge in [-0.15, -0.1) is 0 Å². The van der Waals surface area contributed by atoms with Crippen molar-refractivity contribution in [2.45, 2.75) is 32.8 Å². The highest BCUT2D eigenvalue weighted by molar-refractivity contribution is 5.99. The van der Waals surface area contributed by atoms with Gasteiger partial charge in [-0.25, -0.2) is 0 Å². The Morgan fingerprint density at radius 1 is 0.933 bits per heavy atom. The standard InChI is InChI=1S/C24H21F3N2O/c1-17(28-30-16-18-6-4-10-22(12-18)24(25,26)27)19-9-5-11-23(13-19)29-14-20-7-2-3-8-21(20)15-29/h2-13H,14-16H2,1H3. The quantitative estimate of drug-likeness (QED) is 0.371. The number of anilines is 1. The number of halogens is 3. The molecule has 1 aliphatic rings. The van der Waals surface area contributed by atoms with Gasteiger partial charge < -0.3 is 9.74 Å². The van der Waals surface area contributed by atoms with E-state index in [1.807, 2.05) is 19.1 Å². The van der Waals surface area contributed by atoms with Gasteiger partial charge in [-0.1, -0.05) is 53.7 Å². The highest BCUT2D eigenvalue weighted by Crippen LogP contribution is 2.30. The first kappa shape index (κ1) is 20.0. The van der Waals surface area contributed by atoms with E-state index in [1.54, 1.807) is 6.07 Å². The monoisotopic (exact) mass is 410 g/mol. The first-order valence-electron chi connectivity index (χ1n) is 9.65. The summed E-state index contributed by atoms with van der Waals surface area (Å²) >= 11 is 0. The third kappa shape index (κ3) is 4.48. The van der Waals surface area contributed by atoms with Gasteiger partial charge in [0.25, 0.3) is 0 Å². The summed E-state index contributed by atoms with van der Waals surface area (Å²) < 4.78 is 38.5. The number of hydrogen-bond acceptors (Lipinski definition) is 3. The Bertz CT molecular complexity index is 1050. The summed E-state index contributed by atoms with van der Waals surface area (Å²) in [5.74, 6) is 0. The molecule has 30 heavy (non-hydrogen) atoms. The topological polar surface area (TPSA) is 24.8 Å². The third-order valence-corrected chi connectivity index (χ3v) is 5.16. The number of oxime groups is 1. The smallest absolute Gasteiger partial charge is 0.391 e. The molecule has 3 nitrogen and oxygen atoms in total. The fourth-order valence-electron chi connectivity index (χ4n) is 3.54. The molecule has 6 heteroatoms. The van der Waals surface area contributed by atoms with Gasteiger partial charge in [0.1, 0.15) is 6.61 Å². The van der Waals surface area contributed by atoms with E-state index in [9.17, 15) is 13.2 Å². The van der Waals surface area contributed by atoms with Crippen LogP contribution in [0.5, 0.6) is 0 Å². The molecule has 0 radical (unpaired) electrons. The molecule has 1 aliphatic heterocycles. The lowest BCUT2D eigenvalue weighted by Gasteiger charge is -2.18. The molecule has 0 saturated carbocycles. The van der Waals surface area contributed by atoms with Crippen molar-refractivity contribution in [1.82, 2.24) is 0 Å². The summed E-state index contributed by atoms with van der Waals surface area (Å²) in [7, 11) is 0. The molecular formula is C24H21F3N2O. The van der Waals surface area contributed by atoms with Gasteiger partial charge in [0.05, 0.1) is 11.3 Å². The molecule has 0 aromatic heterocycles. The minimum absolute atomic E-state index is 0.0254. The number of rotatable bonds is 5. The summed E-state index contributed by atoms with van der Waals surface area (Å²) in [5, 5.41) is 4.11. The normalized spacial score (nSPS) is 14.0. The summed E-state index contributed by atoms with van der Waals surface area (Å²) in [4.78, 5) is 7.62. The summed E-state index contributed by atoms with van der Waals surface area (Å²) in [6.45, 7) is 3.52. The Hall–Kier alpha value is -3.28. The van der Waals surface area contributed by atoms with Crippen LogP contribution in [0.2, 0.25) is 0 Å². The van der Waals surface area contributed by atoms with Crippen molar-refractivity contribution in [2.24, 2.45) is 5.16 Å². The average molecular weight is 410 g/mol. The SMILES string of the molecule is CC(=NOCc1cccc(C(F)(F)F)c1)c1cccc(N2Cc3ccccc3C2)c1. The van der Waals surface area contributed by atoms with Crippen molar-refractivity contribution in [3.05, 3.63) is 101 Å². The Morgan fingerprint density at radius 2 is 1.63 bits per heavy atom. The van der Waals surface area contributed by atoms with Crippen LogP contribution in [0.1, 0.15) is 34.7 Å². The zero-order valence-corrected chi connectivity index (χ0v) is 16.5. The number of fused-ring (bicyclic) bond motifs is 1.